The van der Waals surface area contributed by atoms with E-state index < -0.39 is 0 Å². The summed E-state index contributed by atoms with van der Waals surface area (Å²) in [5.74, 6) is 0.162. The van der Waals surface area contributed by atoms with Crippen LogP contribution in [0.5, 0.6) is 0 Å². The molecule has 1 aromatic carbocycles. The minimum absolute atomic E-state index is 0.0406. The van der Waals surface area contributed by atoms with E-state index in [1.165, 1.54) is 10.1 Å². The molecule has 0 saturated carbocycles. The molecule has 0 aliphatic rings. The van der Waals surface area contributed by atoms with Gasteiger partial charge in [-0.3, -0.25) is 5.41 Å². The molecule has 0 aliphatic heterocycles. The SMILES string of the molecule is N=C(N)C(CCN)c1csc2ccccc12. The van der Waals surface area contributed by atoms with Crippen LogP contribution in [0.4, 0.5) is 0 Å². The zero-order valence-corrected chi connectivity index (χ0v) is 9.76. The minimum Gasteiger partial charge on any atom is -0.387 e. The first-order valence-corrected chi connectivity index (χ1v) is 6.12. The molecule has 1 aromatic heterocycles. The van der Waals surface area contributed by atoms with E-state index in [1.807, 2.05) is 12.1 Å². The third kappa shape index (κ3) is 1.94. The number of nitrogens with two attached hydrogens (primary N) is 2. The Morgan fingerprint density at radius 1 is 1.38 bits per heavy atom. The van der Waals surface area contributed by atoms with Crippen molar-refractivity contribution in [2.45, 2.75) is 12.3 Å². The maximum Gasteiger partial charge on any atom is 0.0983 e. The monoisotopic (exact) mass is 233 g/mol. The van der Waals surface area contributed by atoms with E-state index in [0.29, 0.717) is 6.54 Å². The van der Waals surface area contributed by atoms with Crippen molar-refractivity contribution in [3.05, 3.63) is 35.2 Å². The quantitative estimate of drug-likeness (QED) is 0.559. The molecule has 0 radical (unpaired) electrons. The largest absolute Gasteiger partial charge is 0.387 e. The molecule has 4 heteroatoms. The summed E-state index contributed by atoms with van der Waals surface area (Å²) in [6.07, 6.45) is 0.732. The lowest BCUT2D eigenvalue weighted by Gasteiger charge is -2.13. The van der Waals surface area contributed by atoms with Crippen LogP contribution in [0.3, 0.4) is 0 Å². The zero-order chi connectivity index (χ0) is 11.5. The Morgan fingerprint density at radius 3 is 2.81 bits per heavy atom. The first-order chi connectivity index (χ1) is 7.74. The van der Waals surface area contributed by atoms with Gasteiger partial charge in [-0.15, -0.1) is 11.3 Å². The summed E-state index contributed by atoms with van der Waals surface area (Å²) in [5.41, 5.74) is 12.3. The third-order valence-corrected chi connectivity index (χ3v) is 3.70. The van der Waals surface area contributed by atoms with E-state index in [4.69, 9.17) is 16.9 Å². The van der Waals surface area contributed by atoms with Gasteiger partial charge in [-0.2, -0.15) is 0 Å². The van der Waals surface area contributed by atoms with Gasteiger partial charge in [-0.05, 0) is 35.4 Å². The summed E-state index contributed by atoms with van der Waals surface area (Å²) >= 11 is 1.69. The van der Waals surface area contributed by atoms with Gasteiger partial charge in [0, 0.05) is 10.6 Å². The van der Waals surface area contributed by atoms with Crippen molar-refractivity contribution in [2.75, 3.05) is 6.54 Å². The fourth-order valence-corrected chi connectivity index (χ4v) is 2.93. The molecule has 2 rings (SSSR count). The molecular formula is C12H15N3S. The van der Waals surface area contributed by atoms with Crippen molar-refractivity contribution in [3.8, 4) is 0 Å². The second-order valence-electron chi connectivity index (χ2n) is 3.77. The molecule has 0 bridgehead atoms. The van der Waals surface area contributed by atoms with Gasteiger partial charge in [0.2, 0.25) is 0 Å². The predicted molar refractivity (Wildman–Crippen MR) is 70.2 cm³/mol. The Hall–Kier alpha value is -1.39. The van der Waals surface area contributed by atoms with E-state index in [2.05, 4.69) is 17.5 Å². The maximum absolute atomic E-state index is 7.63. The summed E-state index contributed by atoms with van der Waals surface area (Å²) in [7, 11) is 0. The Labute approximate surface area is 98.6 Å². The molecule has 0 amide bonds. The zero-order valence-electron chi connectivity index (χ0n) is 8.94. The lowest BCUT2D eigenvalue weighted by atomic mass is 9.94. The van der Waals surface area contributed by atoms with E-state index in [1.54, 1.807) is 11.3 Å². The summed E-state index contributed by atoms with van der Waals surface area (Å²) in [6.45, 7) is 0.550. The first kappa shape index (κ1) is 11.1. The molecule has 1 unspecified atom stereocenters. The van der Waals surface area contributed by atoms with Gasteiger partial charge in [0.1, 0.15) is 0 Å². The van der Waals surface area contributed by atoms with Crippen molar-refractivity contribution >= 4 is 27.3 Å². The number of benzene rings is 1. The average molecular weight is 233 g/mol. The number of hydrogen-bond acceptors (Lipinski definition) is 3. The number of thiophene rings is 1. The minimum atomic E-state index is -0.0406. The van der Waals surface area contributed by atoms with Crippen molar-refractivity contribution in [1.82, 2.24) is 0 Å². The van der Waals surface area contributed by atoms with Crippen LogP contribution in [0.2, 0.25) is 0 Å². The topological polar surface area (TPSA) is 75.9 Å². The second-order valence-corrected chi connectivity index (χ2v) is 4.68. The highest BCUT2D eigenvalue weighted by atomic mass is 32.1. The lowest BCUT2D eigenvalue weighted by Crippen LogP contribution is -2.22. The molecule has 0 spiro atoms. The maximum atomic E-state index is 7.63. The molecule has 3 nitrogen and oxygen atoms in total. The normalized spacial score (nSPS) is 12.8. The van der Waals surface area contributed by atoms with E-state index in [0.717, 1.165) is 12.0 Å². The van der Waals surface area contributed by atoms with E-state index in [9.17, 15) is 0 Å². The fraction of sp³-hybridized carbons (Fsp3) is 0.250. The molecule has 0 fully saturated rings. The molecule has 2 aromatic rings. The number of hydrogen-bond donors (Lipinski definition) is 3. The van der Waals surface area contributed by atoms with E-state index in [-0.39, 0.29) is 11.8 Å². The highest BCUT2D eigenvalue weighted by molar-refractivity contribution is 7.17. The summed E-state index contributed by atoms with van der Waals surface area (Å²) < 4.78 is 1.24. The molecule has 16 heavy (non-hydrogen) atoms. The fourth-order valence-electron chi connectivity index (χ4n) is 1.91. The Kier molecular flexibility index (Phi) is 3.22. The Morgan fingerprint density at radius 2 is 2.12 bits per heavy atom. The van der Waals surface area contributed by atoms with Crippen LogP contribution in [0.1, 0.15) is 17.9 Å². The van der Waals surface area contributed by atoms with E-state index >= 15 is 0 Å². The number of rotatable bonds is 4. The average Bonchev–Trinajstić information content (AvgIpc) is 2.69. The van der Waals surface area contributed by atoms with Gasteiger partial charge in [0.15, 0.2) is 0 Å². The smallest absolute Gasteiger partial charge is 0.0983 e. The van der Waals surface area contributed by atoms with Crippen molar-refractivity contribution in [3.63, 3.8) is 0 Å². The van der Waals surface area contributed by atoms with Gasteiger partial charge >= 0.3 is 0 Å². The van der Waals surface area contributed by atoms with Gasteiger partial charge < -0.3 is 11.5 Å². The van der Waals surface area contributed by atoms with Crippen LogP contribution in [-0.2, 0) is 0 Å². The second kappa shape index (κ2) is 4.63. The third-order valence-electron chi connectivity index (χ3n) is 2.72. The van der Waals surface area contributed by atoms with Crippen molar-refractivity contribution in [1.29, 1.82) is 5.41 Å². The Bertz CT molecular complexity index is 504. The highest BCUT2D eigenvalue weighted by Crippen LogP contribution is 2.32. The standard InChI is InChI=1S/C12H15N3S/c13-6-5-9(12(14)15)10-7-16-11-4-2-1-3-8(10)11/h1-4,7,9H,5-6,13H2,(H3,14,15). The first-order valence-electron chi connectivity index (χ1n) is 5.24. The molecular weight excluding hydrogens is 218 g/mol. The van der Waals surface area contributed by atoms with Crippen LogP contribution in [-0.4, -0.2) is 12.4 Å². The van der Waals surface area contributed by atoms with Gasteiger partial charge in [0.25, 0.3) is 0 Å². The summed E-state index contributed by atoms with van der Waals surface area (Å²) in [4.78, 5) is 0. The van der Waals surface area contributed by atoms with Gasteiger partial charge in [0.05, 0.1) is 5.84 Å². The summed E-state index contributed by atoms with van der Waals surface area (Å²) in [6, 6.07) is 8.20. The van der Waals surface area contributed by atoms with Crippen molar-refractivity contribution < 1.29 is 0 Å². The van der Waals surface area contributed by atoms with Crippen LogP contribution < -0.4 is 11.5 Å². The van der Waals surface area contributed by atoms with Crippen LogP contribution >= 0.6 is 11.3 Å². The molecule has 1 atom stereocenters. The number of amidine groups is 1. The summed E-state index contributed by atoms with van der Waals surface area (Å²) in [5, 5.41) is 10.9. The lowest BCUT2D eigenvalue weighted by molar-refractivity contribution is 0.775. The molecule has 5 N–H and O–H groups in total. The number of nitrogens with one attached hydrogen (secondary N) is 1. The van der Waals surface area contributed by atoms with Crippen LogP contribution in [0, 0.1) is 5.41 Å². The van der Waals surface area contributed by atoms with Crippen LogP contribution in [0.25, 0.3) is 10.1 Å². The molecule has 0 saturated heterocycles. The predicted octanol–water partition coefficient (Wildman–Crippen LogP) is 2.27. The highest BCUT2D eigenvalue weighted by Gasteiger charge is 2.17. The molecule has 84 valence electrons. The number of fused-ring (bicyclic) bond motifs is 1. The van der Waals surface area contributed by atoms with Crippen molar-refractivity contribution in [2.24, 2.45) is 11.5 Å². The van der Waals surface area contributed by atoms with Gasteiger partial charge in [-0.1, -0.05) is 18.2 Å². The van der Waals surface area contributed by atoms with Gasteiger partial charge in [-0.25, -0.2) is 0 Å². The molecule has 0 aliphatic carbocycles. The Balaban J connectivity index is 2.48. The van der Waals surface area contributed by atoms with Crippen LogP contribution in [0.15, 0.2) is 29.6 Å². The molecule has 1 heterocycles.